The number of para-hydroxylation sites is 4. The number of likely N-dealkylation sites (tertiary alicyclic amines) is 1. The van der Waals surface area contributed by atoms with Crippen LogP contribution in [0.5, 0.6) is 17.2 Å². The molecule has 2 aliphatic rings. The van der Waals surface area contributed by atoms with Gasteiger partial charge in [0.05, 0.1) is 18.2 Å². The number of fused-ring (bicyclic) bond motifs is 3. The highest BCUT2D eigenvalue weighted by molar-refractivity contribution is 5.94. The van der Waals surface area contributed by atoms with Gasteiger partial charge in [-0.3, -0.25) is 9.69 Å². The van der Waals surface area contributed by atoms with E-state index in [0.29, 0.717) is 24.6 Å². The summed E-state index contributed by atoms with van der Waals surface area (Å²) in [5, 5.41) is 3.10. The molecule has 1 saturated heterocycles. The Balaban J connectivity index is 1.36. The molecule has 0 bridgehead atoms. The number of nitrogens with one attached hydrogen (secondary N) is 1. The van der Waals surface area contributed by atoms with Crippen LogP contribution in [0.1, 0.15) is 11.6 Å². The third kappa shape index (κ3) is 3.42. The molecule has 0 saturated carbocycles. The number of anilines is 1. The highest BCUT2D eigenvalue weighted by Crippen LogP contribution is 2.46. The molecular formula is C25H24N2O3. The first-order valence-corrected chi connectivity index (χ1v) is 10.3. The first kappa shape index (κ1) is 18.7. The summed E-state index contributed by atoms with van der Waals surface area (Å²) >= 11 is 0. The standard InChI is InChI=1S/C25H24N2O3/c1-27-15-19(20-16-29-22-13-7-5-11-18(22)24(20)27)25(28)26-21-12-6-8-14-23(21)30-17-9-3-2-4-10-17/h2-14,19-20,24H,15-16H2,1H3,(H,26,28)/t19-,20+,24+/m1/s1. The van der Waals surface area contributed by atoms with Gasteiger partial charge in [-0.15, -0.1) is 0 Å². The second-order valence-corrected chi connectivity index (χ2v) is 7.90. The summed E-state index contributed by atoms with van der Waals surface area (Å²) in [6, 6.07) is 25.4. The van der Waals surface area contributed by atoms with Gasteiger partial charge in [0, 0.05) is 24.1 Å². The molecule has 0 spiro atoms. The molecule has 5 rings (SSSR count). The molecule has 3 aromatic rings. The summed E-state index contributed by atoms with van der Waals surface area (Å²) in [7, 11) is 2.08. The van der Waals surface area contributed by atoms with Gasteiger partial charge in [-0.05, 0) is 37.4 Å². The van der Waals surface area contributed by atoms with E-state index in [0.717, 1.165) is 11.5 Å². The van der Waals surface area contributed by atoms with E-state index >= 15 is 0 Å². The molecule has 30 heavy (non-hydrogen) atoms. The zero-order valence-corrected chi connectivity index (χ0v) is 16.8. The molecule has 0 aliphatic carbocycles. The van der Waals surface area contributed by atoms with Crippen LogP contribution in [0.3, 0.4) is 0 Å². The fourth-order valence-corrected chi connectivity index (χ4v) is 4.60. The number of benzene rings is 3. The molecule has 1 amide bonds. The van der Waals surface area contributed by atoms with Crippen LogP contribution in [-0.4, -0.2) is 31.0 Å². The summed E-state index contributed by atoms with van der Waals surface area (Å²) in [5.41, 5.74) is 1.84. The Morgan fingerprint density at radius 3 is 2.60 bits per heavy atom. The zero-order chi connectivity index (χ0) is 20.5. The second kappa shape index (κ2) is 7.84. The van der Waals surface area contributed by atoms with Gasteiger partial charge >= 0.3 is 0 Å². The molecular weight excluding hydrogens is 376 g/mol. The van der Waals surface area contributed by atoms with E-state index in [1.807, 2.05) is 72.8 Å². The molecule has 1 fully saturated rings. The van der Waals surface area contributed by atoms with Crippen molar-refractivity contribution in [2.45, 2.75) is 6.04 Å². The molecule has 0 radical (unpaired) electrons. The van der Waals surface area contributed by atoms with Crippen molar-refractivity contribution in [2.75, 3.05) is 25.5 Å². The van der Waals surface area contributed by atoms with Gasteiger partial charge < -0.3 is 14.8 Å². The lowest BCUT2D eigenvalue weighted by Gasteiger charge is -2.32. The van der Waals surface area contributed by atoms with Crippen molar-refractivity contribution in [3.8, 4) is 17.2 Å². The van der Waals surface area contributed by atoms with Gasteiger partial charge in [-0.2, -0.15) is 0 Å². The Bertz CT molecular complexity index is 1050. The van der Waals surface area contributed by atoms with Gasteiger partial charge in [0.25, 0.3) is 0 Å². The number of rotatable bonds is 4. The lowest BCUT2D eigenvalue weighted by atomic mass is 9.85. The molecule has 0 unspecified atom stereocenters. The fourth-order valence-electron chi connectivity index (χ4n) is 4.60. The third-order valence-corrected chi connectivity index (χ3v) is 6.00. The first-order chi connectivity index (χ1) is 14.7. The second-order valence-electron chi connectivity index (χ2n) is 7.90. The molecule has 5 nitrogen and oxygen atoms in total. The minimum Gasteiger partial charge on any atom is -0.493 e. The number of carbonyl (C=O) groups excluding carboxylic acids is 1. The summed E-state index contributed by atoms with van der Waals surface area (Å²) in [5.74, 6) is 2.25. The fraction of sp³-hybridized carbons (Fsp3) is 0.240. The minimum absolute atomic E-state index is 0.00134. The molecule has 2 heterocycles. The van der Waals surface area contributed by atoms with Crippen molar-refractivity contribution >= 4 is 11.6 Å². The number of carbonyl (C=O) groups is 1. The maximum absolute atomic E-state index is 13.3. The van der Waals surface area contributed by atoms with E-state index in [4.69, 9.17) is 9.47 Å². The molecule has 152 valence electrons. The van der Waals surface area contributed by atoms with Crippen molar-refractivity contribution in [3.63, 3.8) is 0 Å². The highest BCUT2D eigenvalue weighted by atomic mass is 16.5. The van der Waals surface area contributed by atoms with Gasteiger partial charge in [0.1, 0.15) is 11.5 Å². The maximum Gasteiger partial charge on any atom is 0.229 e. The normalized spacial score (nSPS) is 22.5. The van der Waals surface area contributed by atoms with Crippen molar-refractivity contribution in [2.24, 2.45) is 11.8 Å². The van der Waals surface area contributed by atoms with Crippen molar-refractivity contribution in [1.82, 2.24) is 4.90 Å². The Morgan fingerprint density at radius 1 is 1.00 bits per heavy atom. The van der Waals surface area contributed by atoms with Crippen LogP contribution in [0.15, 0.2) is 78.9 Å². The average Bonchev–Trinajstić information content (AvgIpc) is 3.13. The first-order valence-electron chi connectivity index (χ1n) is 10.3. The number of nitrogens with zero attached hydrogens (tertiary/aromatic N) is 1. The smallest absolute Gasteiger partial charge is 0.229 e. The van der Waals surface area contributed by atoms with E-state index in [2.05, 4.69) is 23.3 Å². The van der Waals surface area contributed by atoms with E-state index < -0.39 is 0 Å². The van der Waals surface area contributed by atoms with E-state index in [1.165, 1.54) is 5.56 Å². The maximum atomic E-state index is 13.3. The molecule has 3 aromatic carbocycles. The van der Waals surface area contributed by atoms with Gasteiger partial charge in [-0.25, -0.2) is 0 Å². The highest BCUT2D eigenvalue weighted by Gasteiger charge is 2.47. The van der Waals surface area contributed by atoms with Crippen LogP contribution in [0, 0.1) is 11.8 Å². The Kier molecular flexibility index (Phi) is 4.89. The quantitative estimate of drug-likeness (QED) is 0.688. The summed E-state index contributed by atoms with van der Waals surface area (Å²) < 4.78 is 12.0. The van der Waals surface area contributed by atoms with Crippen LogP contribution < -0.4 is 14.8 Å². The summed E-state index contributed by atoms with van der Waals surface area (Å²) in [6.45, 7) is 1.24. The van der Waals surface area contributed by atoms with Crippen LogP contribution in [0.2, 0.25) is 0 Å². The lowest BCUT2D eigenvalue weighted by Crippen LogP contribution is -2.34. The topological polar surface area (TPSA) is 50.8 Å². The van der Waals surface area contributed by atoms with E-state index in [9.17, 15) is 4.79 Å². The largest absolute Gasteiger partial charge is 0.493 e. The van der Waals surface area contributed by atoms with Gasteiger partial charge in [0.2, 0.25) is 5.91 Å². The Morgan fingerprint density at radius 2 is 1.73 bits per heavy atom. The summed E-state index contributed by atoms with van der Waals surface area (Å²) in [6.07, 6.45) is 0. The molecule has 1 N–H and O–H groups in total. The van der Waals surface area contributed by atoms with Gasteiger partial charge in [-0.1, -0.05) is 48.5 Å². The van der Waals surface area contributed by atoms with Crippen molar-refractivity contribution in [3.05, 3.63) is 84.4 Å². The SMILES string of the molecule is CN1C[C@@H](C(=O)Nc2ccccc2Oc2ccccc2)[C@@H]2COc3ccccc3[C@@H]21. The third-order valence-electron chi connectivity index (χ3n) is 6.00. The molecule has 3 atom stereocenters. The summed E-state index contributed by atoms with van der Waals surface area (Å²) in [4.78, 5) is 15.5. The van der Waals surface area contributed by atoms with Crippen molar-refractivity contribution in [1.29, 1.82) is 0 Å². The number of hydrogen-bond acceptors (Lipinski definition) is 4. The predicted molar refractivity (Wildman–Crippen MR) is 116 cm³/mol. The molecule has 0 aromatic heterocycles. The van der Waals surface area contributed by atoms with E-state index in [1.54, 1.807) is 0 Å². The zero-order valence-electron chi connectivity index (χ0n) is 16.8. The monoisotopic (exact) mass is 400 g/mol. The van der Waals surface area contributed by atoms with Crippen LogP contribution in [0.25, 0.3) is 0 Å². The van der Waals surface area contributed by atoms with Crippen LogP contribution in [0.4, 0.5) is 5.69 Å². The number of amides is 1. The predicted octanol–water partition coefficient (Wildman–Crippen LogP) is 4.73. The Hall–Kier alpha value is -3.31. The van der Waals surface area contributed by atoms with E-state index in [-0.39, 0.29) is 23.8 Å². The minimum atomic E-state index is -0.155. The lowest BCUT2D eigenvalue weighted by molar-refractivity contribution is -0.121. The molecule has 5 heteroatoms. The Labute approximate surface area is 176 Å². The number of ether oxygens (including phenoxy) is 2. The van der Waals surface area contributed by atoms with Gasteiger partial charge in [0.15, 0.2) is 5.75 Å². The van der Waals surface area contributed by atoms with Crippen LogP contribution in [-0.2, 0) is 4.79 Å². The average molecular weight is 400 g/mol. The number of hydrogen-bond donors (Lipinski definition) is 1. The van der Waals surface area contributed by atoms with Crippen molar-refractivity contribution < 1.29 is 14.3 Å². The molecule has 2 aliphatic heterocycles. The van der Waals surface area contributed by atoms with Crippen LogP contribution >= 0.6 is 0 Å².